The first-order chi connectivity index (χ1) is 17.3. The van der Waals surface area contributed by atoms with Gasteiger partial charge in [0.2, 0.25) is 11.8 Å². The van der Waals surface area contributed by atoms with E-state index in [2.05, 4.69) is 34.5 Å². The fraction of sp³-hybridized carbons (Fsp3) is 0.321. The van der Waals surface area contributed by atoms with Crippen LogP contribution in [0.25, 0.3) is 11.0 Å². The first-order valence-corrected chi connectivity index (χ1v) is 12.2. The number of carbonyl (C=O) groups is 2. The minimum atomic E-state index is -0.872. The van der Waals surface area contributed by atoms with E-state index in [0.717, 1.165) is 23.1 Å². The second-order valence-electron chi connectivity index (χ2n) is 9.50. The number of rotatable bonds is 9. The largest absolute Gasteiger partial charge is 0.354 e. The summed E-state index contributed by atoms with van der Waals surface area (Å²) >= 11 is 0. The molecule has 2 aromatic carbocycles. The van der Waals surface area contributed by atoms with Crippen molar-refractivity contribution < 1.29 is 9.59 Å². The maximum absolute atomic E-state index is 14.0. The molecule has 0 aliphatic heterocycles. The van der Waals surface area contributed by atoms with Gasteiger partial charge < -0.3 is 5.32 Å². The van der Waals surface area contributed by atoms with Crippen LogP contribution in [0.5, 0.6) is 0 Å². The molecule has 0 aliphatic carbocycles. The molecule has 0 bridgehead atoms. The van der Waals surface area contributed by atoms with Gasteiger partial charge in [-0.1, -0.05) is 37.3 Å². The maximum atomic E-state index is 14.0. The average molecular weight is 485 g/mol. The highest BCUT2D eigenvalue weighted by molar-refractivity contribution is 6.01. The van der Waals surface area contributed by atoms with Crippen molar-refractivity contribution >= 4 is 28.5 Å². The predicted octanol–water partition coefficient (Wildman–Crippen LogP) is 4.38. The van der Waals surface area contributed by atoms with Gasteiger partial charge in [-0.2, -0.15) is 0 Å². The van der Waals surface area contributed by atoms with E-state index in [1.54, 1.807) is 34.1 Å². The summed E-state index contributed by atoms with van der Waals surface area (Å²) in [5.74, 6) is -0.0586. The third-order valence-corrected chi connectivity index (χ3v) is 6.01. The van der Waals surface area contributed by atoms with E-state index in [9.17, 15) is 9.59 Å². The number of amides is 2. The zero-order valence-corrected chi connectivity index (χ0v) is 21.2. The number of aromatic nitrogens is 4. The highest BCUT2D eigenvalue weighted by Gasteiger charge is 2.33. The van der Waals surface area contributed by atoms with Gasteiger partial charge in [0.15, 0.2) is 0 Å². The van der Waals surface area contributed by atoms with Crippen molar-refractivity contribution in [3.63, 3.8) is 0 Å². The molecule has 0 saturated carbocycles. The Morgan fingerprint density at radius 2 is 1.69 bits per heavy atom. The highest BCUT2D eigenvalue weighted by atomic mass is 16.2. The van der Waals surface area contributed by atoms with E-state index in [1.165, 1.54) is 0 Å². The van der Waals surface area contributed by atoms with Crippen molar-refractivity contribution in [2.75, 3.05) is 11.4 Å². The van der Waals surface area contributed by atoms with Crippen LogP contribution in [0.15, 0.2) is 67.0 Å². The van der Waals surface area contributed by atoms with Gasteiger partial charge in [-0.15, -0.1) is 5.10 Å². The van der Waals surface area contributed by atoms with Gasteiger partial charge in [0.05, 0.1) is 5.52 Å². The molecule has 2 heterocycles. The standard InChI is InChI=1S/C28H32N6O2/c1-19(2)9-14-30-28(36)27(22-10-12-29-13-11-22)34(23-16-20(3)15-21(4)17-23)26(35)18-33-25-8-6-5-7-24(25)31-32-33/h5-8,10-13,15-17,19,27H,9,14,18H2,1-4H3,(H,30,36)/t27-/m0/s1. The van der Waals surface area contributed by atoms with Gasteiger partial charge in [0, 0.05) is 24.6 Å². The van der Waals surface area contributed by atoms with Crippen LogP contribution in [0.1, 0.15) is 43.0 Å². The van der Waals surface area contributed by atoms with Crippen LogP contribution in [0.2, 0.25) is 0 Å². The number of aryl methyl sites for hydroxylation is 2. The monoisotopic (exact) mass is 484 g/mol. The first kappa shape index (κ1) is 25.0. The Morgan fingerprint density at radius 1 is 1.00 bits per heavy atom. The number of carbonyl (C=O) groups excluding carboxylic acids is 2. The molecule has 186 valence electrons. The molecular formula is C28H32N6O2. The Hall–Kier alpha value is -4.07. The number of anilines is 1. The number of hydrogen-bond acceptors (Lipinski definition) is 5. The van der Waals surface area contributed by atoms with E-state index in [4.69, 9.17) is 0 Å². The van der Waals surface area contributed by atoms with Crippen LogP contribution >= 0.6 is 0 Å². The Morgan fingerprint density at radius 3 is 2.39 bits per heavy atom. The summed E-state index contributed by atoms with van der Waals surface area (Å²) in [6.07, 6.45) is 4.12. The lowest BCUT2D eigenvalue weighted by Crippen LogP contribution is -2.45. The fourth-order valence-electron chi connectivity index (χ4n) is 4.31. The van der Waals surface area contributed by atoms with Gasteiger partial charge >= 0.3 is 0 Å². The van der Waals surface area contributed by atoms with Crippen LogP contribution in [0, 0.1) is 19.8 Å². The zero-order valence-electron chi connectivity index (χ0n) is 21.2. The average Bonchev–Trinajstić information content (AvgIpc) is 3.24. The molecule has 2 amide bonds. The molecule has 8 heteroatoms. The number of para-hydroxylation sites is 1. The third-order valence-electron chi connectivity index (χ3n) is 6.01. The van der Waals surface area contributed by atoms with Crippen molar-refractivity contribution in [2.24, 2.45) is 5.92 Å². The number of hydrogen-bond donors (Lipinski definition) is 1. The Labute approximate surface area is 211 Å². The van der Waals surface area contributed by atoms with Gasteiger partial charge in [-0.3, -0.25) is 19.5 Å². The Kier molecular flexibility index (Phi) is 7.73. The molecule has 0 aliphatic rings. The lowest BCUT2D eigenvalue weighted by molar-refractivity contribution is -0.127. The number of pyridine rings is 1. The predicted molar refractivity (Wildman–Crippen MR) is 140 cm³/mol. The molecule has 0 fully saturated rings. The lowest BCUT2D eigenvalue weighted by Gasteiger charge is -2.32. The van der Waals surface area contributed by atoms with Crippen LogP contribution in [0.4, 0.5) is 5.69 Å². The fourth-order valence-corrected chi connectivity index (χ4v) is 4.31. The maximum Gasteiger partial charge on any atom is 0.249 e. The van der Waals surface area contributed by atoms with Gasteiger partial charge in [0.25, 0.3) is 0 Å². The van der Waals surface area contributed by atoms with E-state index >= 15 is 0 Å². The normalized spacial score (nSPS) is 12.0. The molecular weight excluding hydrogens is 452 g/mol. The van der Waals surface area contributed by atoms with Crippen molar-refractivity contribution in [1.29, 1.82) is 0 Å². The van der Waals surface area contributed by atoms with E-state index in [1.807, 2.05) is 56.3 Å². The topological polar surface area (TPSA) is 93.0 Å². The molecule has 8 nitrogen and oxygen atoms in total. The summed E-state index contributed by atoms with van der Waals surface area (Å²) in [6.45, 7) is 8.65. The van der Waals surface area contributed by atoms with Crippen molar-refractivity contribution in [1.82, 2.24) is 25.3 Å². The van der Waals surface area contributed by atoms with Crippen molar-refractivity contribution in [3.8, 4) is 0 Å². The third kappa shape index (κ3) is 5.76. The SMILES string of the molecule is Cc1cc(C)cc(N(C(=O)Cn2nnc3ccccc32)[C@H](C(=O)NCCC(C)C)c2ccncc2)c1. The number of nitrogens with zero attached hydrogens (tertiary/aromatic N) is 5. The van der Waals surface area contributed by atoms with Gasteiger partial charge in [-0.25, -0.2) is 4.68 Å². The van der Waals surface area contributed by atoms with Crippen LogP contribution < -0.4 is 10.2 Å². The van der Waals surface area contributed by atoms with E-state index in [0.29, 0.717) is 29.2 Å². The lowest BCUT2D eigenvalue weighted by atomic mass is 10.0. The summed E-state index contributed by atoms with van der Waals surface area (Å²) in [7, 11) is 0. The number of fused-ring (bicyclic) bond motifs is 1. The van der Waals surface area contributed by atoms with Crippen molar-refractivity contribution in [3.05, 3.63) is 83.7 Å². The number of benzene rings is 2. The molecule has 4 aromatic rings. The zero-order chi connectivity index (χ0) is 25.7. The second-order valence-corrected chi connectivity index (χ2v) is 9.50. The summed E-state index contributed by atoms with van der Waals surface area (Å²) in [6, 6.07) is 16.1. The summed E-state index contributed by atoms with van der Waals surface area (Å²) < 4.78 is 1.58. The van der Waals surface area contributed by atoms with E-state index < -0.39 is 6.04 Å². The summed E-state index contributed by atoms with van der Waals surface area (Å²) in [4.78, 5) is 33.4. The highest BCUT2D eigenvalue weighted by Crippen LogP contribution is 2.30. The quantitative estimate of drug-likeness (QED) is 0.381. The molecule has 2 aromatic heterocycles. The molecule has 1 N–H and O–H groups in total. The molecule has 0 radical (unpaired) electrons. The second kappa shape index (κ2) is 11.1. The van der Waals surface area contributed by atoms with Crippen LogP contribution in [-0.4, -0.2) is 38.3 Å². The first-order valence-electron chi connectivity index (χ1n) is 12.2. The Bertz CT molecular complexity index is 1330. The Balaban J connectivity index is 1.77. The molecule has 0 spiro atoms. The number of nitrogens with one attached hydrogen (secondary N) is 1. The summed E-state index contributed by atoms with van der Waals surface area (Å²) in [5, 5.41) is 11.4. The minimum absolute atomic E-state index is 0.0612. The van der Waals surface area contributed by atoms with E-state index in [-0.39, 0.29) is 18.4 Å². The van der Waals surface area contributed by atoms with Crippen LogP contribution in [0.3, 0.4) is 0 Å². The summed E-state index contributed by atoms with van der Waals surface area (Å²) in [5.41, 5.74) is 4.81. The van der Waals surface area contributed by atoms with Crippen LogP contribution in [-0.2, 0) is 16.1 Å². The van der Waals surface area contributed by atoms with Gasteiger partial charge in [-0.05, 0) is 79.3 Å². The molecule has 0 unspecified atom stereocenters. The van der Waals surface area contributed by atoms with Gasteiger partial charge in [0.1, 0.15) is 18.1 Å². The molecule has 1 atom stereocenters. The molecule has 0 saturated heterocycles. The smallest absolute Gasteiger partial charge is 0.249 e. The van der Waals surface area contributed by atoms with Crippen molar-refractivity contribution in [2.45, 2.75) is 46.7 Å². The molecule has 4 rings (SSSR count). The molecule has 36 heavy (non-hydrogen) atoms. The minimum Gasteiger partial charge on any atom is -0.354 e.